The average Bonchev–Trinajstić information content (AvgIpc) is 3.53. The number of nitrogens with one attached hydrogen (secondary N) is 1. The second-order valence-electron chi connectivity index (χ2n) is 9.23. The average molecular weight is 526 g/mol. The molecule has 1 unspecified atom stereocenters. The Labute approximate surface area is 215 Å². The van der Waals surface area contributed by atoms with Crippen molar-refractivity contribution in [2.45, 2.75) is 32.1 Å². The van der Waals surface area contributed by atoms with E-state index in [-0.39, 0.29) is 43.0 Å². The first-order valence-electron chi connectivity index (χ1n) is 11.6. The standard InChI is InChI=1S/C24H23FN6O7/c1-14(32)27-9-18-10-30(23(33)37-18)16-3-4-19(20(25)6-16)15-5-17(8-26-7-15)36-13-24(2)12-29-11-21(31(34)35)28-22(29)38-24/h3-8,11,18H,9-10,12-13H2,1-2H3,(H,27,32)/t18-,24?/m0/s1. The number of amides is 2. The molecule has 0 aliphatic carbocycles. The Morgan fingerprint density at radius 2 is 2.18 bits per heavy atom. The normalized spacial score (nSPS) is 20.0. The Kier molecular flexibility index (Phi) is 6.30. The predicted molar refractivity (Wildman–Crippen MR) is 129 cm³/mol. The second kappa shape index (κ2) is 9.61. The third-order valence-corrected chi connectivity index (χ3v) is 6.04. The first kappa shape index (κ1) is 24.9. The van der Waals surface area contributed by atoms with Gasteiger partial charge in [-0.2, -0.15) is 0 Å². The van der Waals surface area contributed by atoms with Crippen molar-refractivity contribution in [3.63, 3.8) is 0 Å². The van der Waals surface area contributed by atoms with Crippen LogP contribution in [0.1, 0.15) is 13.8 Å². The maximum atomic E-state index is 15.1. The first-order chi connectivity index (χ1) is 18.1. The van der Waals surface area contributed by atoms with E-state index in [0.717, 1.165) is 0 Å². The monoisotopic (exact) mass is 526 g/mol. The number of imidazole rings is 1. The topological polar surface area (TPSA) is 151 Å². The van der Waals surface area contributed by atoms with Crippen LogP contribution < -0.4 is 19.7 Å². The zero-order valence-corrected chi connectivity index (χ0v) is 20.4. The number of aromatic nitrogens is 3. The van der Waals surface area contributed by atoms with E-state index in [0.29, 0.717) is 23.5 Å². The minimum absolute atomic E-state index is 0.0907. The molecule has 2 amide bonds. The van der Waals surface area contributed by atoms with Gasteiger partial charge < -0.3 is 29.6 Å². The lowest BCUT2D eigenvalue weighted by Gasteiger charge is -2.22. The fraction of sp³-hybridized carbons (Fsp3) is 0.333. The van der Waals surface area contributed by atoms with Gasteiger partial charge in [0.2, 0.25) is 5.91 Å². The van der Waals surface area contributed by atoms with E-state index in [4.69, 9.17) is 14.2 Å². The summed E-state index contributed by atoms with van der Waals surface area (Å²) in [5.74, 6) is -0.731. The molecule has 4 heterocycles. The molecule has 2 aliphatic heterocycles. The highest BCUT2D eigenvalue weighted by atomic mass is 19.1. The van der Waals surface area contributed by atoms with Gasteiger partial charge in [-0.25, -0.2) is 9.18 Å². The number of halogens is 1. The molecular formula is C24H23FN6O7. The number of hydrogen-bond donors (Lipinski definition) is 1. The lowest BCUT2D eigenvalue weighted by Crippen LogP contribution is -2.38. The van der Waals surface area contributed by atoms with Crippen LogP contribution in [-0.4, -0.2) is 62.9 Å². The van der Waals surface area contributed by atoms with Crippen LogP contribution >= 0.6 is 0 Å². The molecule has 14 heteroatoms. The largest absolute Gasteiger partial charge is 0.488 e. The van der Waals surface area contributed by atoms with E-state index in [1.165, 1.54) is 42.5 Å². The molecule has 5 rings (SSSR count). The Morgan fingerprint density at radius 3 is 2.89 bits per heavy atom. The molecule has 1 aromatic carbocycles. The van der Waals surface area contributed by atoms with Gasteiger partial charge in [0.25, 0.3) is 0 Å². The van der Waals surface area contributed by atoms with Crippen LogP contribution in [0.5, 0.6) is 11.8 Å². The summed E-state index contributed by atoms with van der Waals surface area (Å²) < 4.78 is 33.5. The molecule has 198 valence electrons. The molecule has 1 N–H and O–H groups in total. The molecular weight excluding hydrogens is 503 g/mol. The Balaban J connectivity index is 1.24. The molecule has 1 saturated heterocycles. The van der Waals surface area contributed by atoms with Crippen LogP contribution in [-0.2, 0) is 16.1 Å². The van der Waals surface area contributed by atoms with Crippen molar-refractivity contribution in [1.82, 2.24) is 19.9 Å². The van der Waals surface area contributed by atoms with Gasteiger partial charge in [-0.1, -0.05) is 0 Å². The summed E-state index contributed by atoms with van der Waals surface area (Å²) in [7, 11) is 0. The van der Waals surface area contributed by atoms with Crippen molar-refractivity contribution < 1.29 is 33.1 Å². The van der Waals surface area contributed by atoms with Gasteiger partial charge in [-0.05, 0) is 36.1 Å². The van der Waals surface area contributed by atoms with Crippen LogP contribution in [0.15, 0.2) is 42.9 Å². The first-order valence-corrected chi connectivity index (χ1v) is 11.6. The molecule has 0 bridgehead atoms. The fourth-order valence-electron chi connectivity index (χ4n) is 4.24. The Hall–Kier alpha value is -4.75. The summed E-state index contributed by atoms with van der Waals surface area (Å²) in [6.07, 6.45) is 3.12. The quantitative estimate of drug-likeness (QED) is 0.345. The number of pyridine rings is 1. The fourth-order valence-corrected chi connectivity index (χ4v) is 4.24. The highest BCUT2D eigenvalue weighted by Crippen LogP contribution is 2.33. The van der Waals surface area contributed by atoms with Crippen molar-refractivity contribution in [3.05, 3.63) is 58.8 Å². The van der Waals surface area contributed by atoms with E-state index in [2.05, 4.69) is 15.3 Å². The van der Waals surface area contributed by atoms with E-state index >= 15 is 4.39 Å². The summed E-state index contributed by atoms with van der Waals surface area (Å²) in [4.78, 5) is 42.9. The summed E-state index contributed by atoms with van der Waals surface area (Å²) in [6.45, 7) is 3.89. The van der Waals surface area contributed by atoms with Crippen LogP contribution in [0.4, 0.5) is 20.7 Å². The maximum Gasteiger partial charge on any atom is 0.415 e. The van der Waals surface area contributed by atoms with E-state index in [9.17, 15) is 19.7 Å². The van der Waals surface area contributed by atoms with Gasteiger partial charge in [0.05, 0.1) is 31.5 Å². The summed E-state index contributed by atoms with van der Waals surface area (Å²) in [5, 5.41) is 13.5. The number of benzene rings is 1. The smallest absolute Gasteiger partial charge is 0.415 e. The van der Waals surface area contributed by atoms with Gasteiger partial charge in [-0.15, -0.1) is 0 Å². The zero-order chi connectivity index (χ0) is 27.0. The van der Waals surface area contributed by atoms with Crippen LogP contribution in [0.25, 0.3) is 11.1 Å². The van der Waals surface area contributed by atoms with Gasteiger partial charge in [-0.3, -0.25) is 19.2 Å². The van der Waals surface area contributed by atoms with Crippen LogP contribution in [0, 0.1) is 15.9 Å². The van der Waals surface area contributed by atoms with Gasteiger partial charge >= 0.3 is 17.9 Å². The van der Waals surface area contributed by atoms with Crippen molar-refractivity contribution in [2.24, 2.45) is 0 Å². The molecule has 2 aliphatic rings. The minimum Gasteiger partial charge on any atom is -0.488 e. The number of hydrogen-bond acceptors (Lipinski definition) is 9. The van der Waals surface area contributed by atoms with E-state index in [1.807, 2.05) is 0 Å². The number of rotatable bonds is 8. The molecule has 2 atom stereocenters. The number of nitro groups is 1. The number of fused-ring (bicyclic) bond motifs is 1. The van der Waals surface area contributed by atoms with Crippen LogP contribution in [0.3, 0.4) is 0 Å². The summed E-state index contributed by atoms with van der Waals surface area (Å²) in [5.41, 5.74) is 0.221. The molecule has 0 spiro atoms. The number of anilines is 1. The lowest BCUT2D eigenvalue weighted by molar-refractivity contribution is -0.389. The van der Waals surface area contributed by atoms with Gasteiger partial charge in [0.15, 0.2) is 5.60 Å². The molecule has 3 aromatic rings. The summed E-state index contributed by atoms with van der Waals surface area (Å²) >= 11 is 0. The van der Waals surface area contributed by atoms with Crippen LogP contribution in [0.2, 0.25) is 0 Å². The minimum atomic E-state index is -0.817. The van der Waals surface area contributed by atoms with E-state index < -0.39 is 28.5 Å². The third-order valence-electron chi connectivity index (χ3n) is 6.04. The SMILES string of the molecule is CC(=O)NC[C@H]1CN(c2ccc(-c3cncc(OCC4(C)Cn5cc([N+](=O)[O-])nc5O4)c3)c(F)c2)C(=O)O1. The highest BCUT2D eigenvalue weighted by molar-refractivity contribution is 5.90. The van der Waals surface area contributed by atoms with Gasteiger partial charge in [0, 0.05) is 29.2 Å². The molecule has 1 fully saturated rings. The van der Waals surface area contributed by atoms with Crippen molar-refractivity contribution in [2.75, 3.05) is 24.6 Å². The molecule has 0 saturated carbocycles. The number of carbonyl (C=O) groups is 2. The zero-order valence-electron chi connectivity index (χ0n) is 20.4. The third kappa shape index (κ3) is 5.05. The summed E-state index contributed by atoms with van der Waals surface area (Å²) in [6, 6.07) is 6.13. The van der Waals surface area contributed by atoms with Crippen molar-refractivity contribution in [1.29, 1.82) is 0 Å². The second-order valence-corrected chi connectivity index (χ2v) is 9.23. The van der Waals surface area contributed by atoms with Crippen molar-refractivity contribution in [3.8, 4) is 22.9 Å². The maximum absolute atomic E-state index is 15.1. The molecule has 38 heavy (non-hydrogen) atoms. The number of nitrogens with zero attached hydrogens (tertiary/aromatic N) is 5. The Morgan fingerprint density at radius 1 is 1.37 bits per heavy atom. The lowest BCUT2D eigenvalue weighted by atomic mass is 10.1. The van der Waals surface area contributed by atoms with E-state index in [1.54, 1.807) is 23.6 Å². The number of ether oxygens (including phenoxy) is 3. The molecule has 2 aromatic heterocycles. The van der Waals surface area contributed by atoms with Crippen molar-refractivity contribution >= 4 is 23.5 Å². The number of cyclic esters (lactones) is 1. The molecule has 0 radical (unpaired) electrons. The molecule has 13 nitrogen and oxygen atoms in total. The predicted octanol–water partition coefficient (Wildman–Crippen LogP) is 2.68. The Bertz CT molecular complexity index is 1400. The number of carbonyl (C=O) groups excluding carboxylic acids is 2. The highest BCUT2D eigenvalue weighted by Gasteiger charge is 2.41. The van der Waals surface area contributed by atoms with Gasteiger partial charge in [0.1, 0.15) is 30.5 Å².